The highest BCUT2D eigenvalue weighted by atomic mass is 16.5. The van der Waals surface area contributed by atoms with Crippen LogP contribution in [0.15, 0.2) is 47.0 Å². The number of nitrogens with zero attached hydrogens (tertiary/aromatic N) is 3. The van der Waals surface area contributed by atoms with E-state index in [-0.39, 0.29) is 18.2 Å². The quantitative estimate of drug-likeness (QED) is 0.620. The van der Waals surface area contributed by atoms with E-state index in [0.717, 1.165) is 22.3 Å². The largest absolute Gasteiger partial charge is 0.497 e. The van der Waals surface area contributed by atoms with E-state index in [9.17, 15) is 4.79 Å². The van der Waals surface area contributed by atoms with Gasteiger partial charge in [0.15, 0.2) is 17.2 Å². The minimum atomic E-state index is -0.291. The Kier molecular flexibility index (Phi) is 3.61. The first kappa shape index (κ1) is 15.2. The molecule has 0 unspecified atom stereocenters. The second kappa shape index (κ2) is 5.94. The summed E-state index contributed by atoms with van der Waals surface area (Å²) in [7, 11) is 1.60. The van der Waals surface area contributed by atoms with Crippen molar-refractivity contribution in [3.63, 3.8) is 0 Å². The van der Waals surface area contributed by atoms with Crippen molar-refractivity contribution in [2.45, 2.75) is 13.5 Å². The molecule has 7 heteroatoms. The summed E-state index contributed by atoms with van der Waals surface area (Å²) in [6.45, 7) is 2.11. The Morgan fingerprint density at radius 3 is 3.00 bits per heavy atom. The molecule has 0 aliphatic heterocycles. The van der Waals surface area contributed by atoms with Crippen LogP contribution in [0.3, 0.4) is 0 Å². The molecule has 4 aromatic rings. The number of aryl methyl sites for hydroxylation is 1. The van der Waals surface area contributed by atoms with Gasteiger partial charge in [-0.1, -0.05) is 6.07 Å². The number of methoxy groups -OCH3 is 1. The summed E-state index contributed by atoms with van der Waals surface area (Å²) in [6.07, 6.45) is 1.86. The number of hydrogen-bond acceptors (Lipinski definition) is 5. The Balaban J connectivity index is 1.59. The zero-order chi connectivity index (χ0) is 17.4. The molecule has 0 aliphatic carbocycles. The summed E-state index contributed by atoms with van der Waals surface area (Å²) in [6, 6.07) is 11.1. The number of pyridine rings is 1. The second-order valence-corrected chi connectivity index (χ2v) is 5.65. The van der Waals surface area contributed by atoms with E-state index < -0.39 is 0 Å². The number of furan rings is 1. The minimum absolute atomic E-state index is 0.254. The average molecular weight is 336 g/mol. The van der Waals surface area contributed by atoms with Crippen molar-refractivity contribution in [3.05, 3.63) is 59.7 Å². The van der Waals surface area contributed by atoms with Crippen LogP contribution >= 0.6 is 0 Å². The molecular formula is C18H16N4O3. The monoisotopic (exact) mass is 336 g/mol. The van der Waals surface area contributed by atoms with E-state index in [2.05, 4.69) is 15.5 Å². The summed E-state index contributed by atoms with van der Waals surface area (Å²) in [5.41, 5.74) is 2.16. The molecular weight excluding hydrogens is 320 g/mol. The Hall–Kier alpha value is -3.35. The first-order valence-corrected chi connectivity index (χ1v) is 7.81. The normalized spacial score (nSPS) is 11.1. The molecule has 0 radical (unpaired) electrons. The number of nitrogens with one attached hydrogen (secondary N) is 1. The van der Waals surface area contributed by atoms with Gasteiger partial charge in [-0.2, -0.15) is 0 Å². The summed E-state index contributed by atoms with van der Waals surface area (Å²) in [5, 5.41) is 11.9. The van der Waals surface area contributed by atoms with Gasteiger partial charge in [0.1, 0.15) is 11.3 Å². The minimum Gasteiger partial charge on any atom is -0.497 e. The smallest absolute Gasteiger partial charge is 0.287 e. The molecule has 1 aromatic carbocycles. The molecule has 7 nitrogen and oxygen atoms in total. The molecule has 1 amide bonds. The maximum atomic E-state index is 12.5. The number of fused-ring (bicyclic) bond motifs is 2. The Bertz CT molecular complexity index is 1080. The lowest BCUT2D eigenvalue weighted by molar-refractivity contribution is 0.0923. The number of ether oxygens (including phenoxy) is 1. The van der Waals surface area contributed by atoms with Gasteiger partial charge < -0.3 is 14.5 Å². The van der Waals surface area contributed by atoms with Crippen molar-refractivity contribution in [2.75, 3.05) is 7.11 Å². The lowest BCUT2D eigenvalue weighted by atomic mass is 10.1. The fourth-order valence-electron chi connectivity index (χ4n) is 2.79. The van der Waals surface area contributed by atoms with E-state index >= 15 is 0 Å². The van der Waals surface area contributed by atoms with Gasteiger partial charge in [-0.25, -0.2) is 0 Å². The highest BCUT2D eigenvalue weighted by molar-refractivity contribution is 5.99. The number of carbonyl (C=O) groups excluding carboxylic acids is 1. The fourth-order valence-corrected chi connectivity index (χ4v) is 2.79. The maximum absolute atomic E-state index is 12.5. The topological polar surface area (TPSA) is 81.7 Å². The summed E-state index contributed by atoms with van der Waals surface area (Å²) < 4.78 is 12.8. The summed E-state index contributed by atoms with van der Waals surface area (Å²) in [5.74, 6) is 1.37. The van der Waals surface area contributed by atoms with E-state index in [1.165, 1.54) is 0 Å². The molecule has 126 valence electrons. The highest BCUT2D eigenvalue weighted by Gasteiger charge is 2.18. The predicted octanol–water partition coefficient (Wildman–Crippen LogP) is 2.72. The van der Waals surface area contributed by atoms with Crippen molar-refractivity contribution in [1.29, 1.82) is 0 Å². The van der Waals surface area contributed by atoms with E-state index in [4.69, 9.17) is 9.15 Å². The number of aromatic nitrogens is 3. The van der Waals surface area contributed by atoms with E-state index in [1.807, 2.05) is 41.8 Å². The highest BCUT2D eigenvalue weighted by Crippen LogP contribution is 2.28. The second-order valence-electron chi connectivity index (χ2n) is 5.65. The number of rotatable bonds is 4. The molecule has 0 atom stereocenters. The van der Waals surface area contributed by atoms with Gasteiger partial charge in [0, 0.05) is 17.1 Å². The Morgan fingerprint density at radius 1 is 1.28 bits per heavy atom. The molecule has 0 aliphatic rings. The standard InChI is InChI=1S/C18H16N4O3/c1-11-13-9-12(24-2)6-7-14(13)25-17(11)18(23)19-10-16-21-20-15-5-3-4-8-22(15)16/h3-9H,10H2,1-2H3,(H,19,23). The fraction of sp³-hybridized carbons (Fsp3) is 0.167. The lowest BCUT2D eigenvalue weighted by Crippen LogP contribution is -2.24. The van der Waals surface area contributed by atoms with Crippen LogP contribution in [0.1, 0.15) is 21.9 Å². The number of benzene rings is 1. The third-order valence-electron chi connectivity index (χ3n) is 4.14. The van der Waals surface area contributed by atoms with E-state index in [1.54, 1.807) is 19.2 Å². The third-order valence-corrected chi connectivity index (χ3v) is 4.14. The van der Waals surface area contributed by atoms with Crippen molar-refractivity contribution < 1.29 is 13.9 Å². The van der Waals surface area contributed by atoms with Gasteiger partial charge in [-0.05, 0) is 37.3 Å². The maximum Gasteiger partial charge on any atom is 0.287 e. The molecule has 0 saturated heterocycles. The molecule has 0 spiro atoms. The van der Waals surface area contributed by atoms with Gasteiger partial charge in [0.2, 0.25) is 0 Å². The predicted molar refractivity (Wildman–Crippen MR) is 91.7 cm³/mol. The van der Waals surface area contributed by atoms with Crippen molar-refractivity contribution in [1.82, 2.24) is 19.9 Å². The molecule has 3 aromatic heterocycles. The molecule has 0 bridgehead atoms. The molecule has 0 fully saturated rings. The van der Waals surface area contributed by atoms with Crippen LogP contribution in [0.4, 0.5) is 0 Å². The molecule has 4 rings (SSSR count). The summed E-state index contributed by atoms with van der Waals surface area (Å²) in [4.78, 5) is 12.5. The zero-order valence-corrected chi connectivity index (χ0v) is 13.8. The lowest BCUT2D eigenvalue weighted by Gasteiger charge is -2.02. The van der Waals surface area contributed by atoms with Crippen LogP contribution in [0, 0.1) is 6.92 Å². The average Bonchev–Trinajstić information content (AvgIpc) is 3.21. The number of carbonyl (C=O) groups is 1. The molecule has 1 N–H and O–H groups in total. The van der Waals surface area contributed by atoms with Crippen molar-refractivity contribution in [3.8, 4) is 5.75 Å². The third kappa shape index (κ3) is 2.59. The van der Waals surface area contributed by atoms with Crippen LogP contribution < -0.4 is 10.1 Å². The Morgan fingerprint density at radius 2 is 2.16 bits per heavy atom. The van der Waals surface area contributed by atoms with Crippen molar-refractivity contribution >= 4 is 22.5 Å². The molecule has 3 heterocycles. The van der Waals surface area contributed by atoms with Crippen LogP contribution in [0.2, 0.25) is 0 Å². The first-order valence-electron chi connectivity index (χ1n) is 7.81. The van der Waals surface area contributed by atoms with Crippen molar-refractivity contribution in [2.24, 2.45) is 0 Å². The van der Waals surface area contributed by atoms with Crippen LogP contribution in [-0.4, -0.2) is 27.6 Å². The van der Waals surface area contributed by atoms with Gasteiger partial charge in [-0.3, -0.25) is 9.20 Å². The molecule has 25 heavy (non-hydrogen) atoms. The molecule has 0 saturated carbocycles. The SMILES string of the molecule is COc1ccc2oc(C(=O)NCc3nnc4ccccn34)c(C)c2c1. The van der Waals surface area contributed by atoms with E-state index in [0.29, 0.717) is 11.4 Å². The van der Waals surface area contributed by atoms with Gasteiger partial charge in [0.25, 0.3) is 5.91 Å². The van der Waals surface area contributed by atoms with Crippen LogP contribution in [-0.2, 0) is 6.54 Å². The van der Waals surface area contributed by atoms with Gasteiger partial charge in [-0.15, -0.1) is 10.2 Å². The summed E-state index contributed by atoms with van der Waals surface area (Å²) >= 11 is 0. The zero-order valence-electron chi connectivity index (χ0n) is 13.8. The first-order chi connectivity index (χ1) is 12.2. The van der Waals surface area contributed by atoms with Crippen LogP contribution in [0.25, 0.3) is 16.6 Å². The number of amides is 1. The Labute approximate surface area is 143 Å². The van der Waals surface area contributed by atoms with Gasteiger partial charge in [0.05, 0.1) is 13.7 Å². The van der Waals surface area contributed by atoms with Gasteiger partial charge >= 0.3 is 0 Å². The van der Waals surface area contributed by atoms with Crippen LogP contribution in [0.5, 0.6) is 5.75 Å². The number of hydrogen-bond donors (Lipinski definition) is 1.